The summed E-state index contributed by atoms with van der Waals surface area (Å²) in [5.41, 5.74) is 0. The predicted molar refractivity (Wildman–Crippen MR) is 55.4 cm³/mol. The average molecular weight is 248 g/mol. The Morgan fingerprint density at radius 2 is 2.47 bits per heavy atom. The van der Waals surface area contributed by atoms with Crippen LogP contribution in [0.3, 0.4) is 0 Å². The van der Waals surface area contributed by atoms with Crippen molar-refractivity contribution in [3.05, 3.63) is 16.3 Å². The van der Waals surface area contributed by atoms with Gasteiger partial charge in [0, 0.05) is 13.0 Å². The normalized spacial score (nSPS) is 21.0. The van der Waals surface area contributed by atoms with Crippen molar-refractivity contribution in [2.45, 2.75) is 11.8 Å². The molecule has 1 aromatic rings. The molecule has 2 rings (SSSR count). The van der Waals surface area contributed by atoms with Crippen LogP contribution in [0.25, 0.3) is 0 Å². The molecule has 1 atom stereocenters. The lowest BCUT2D eigenvalue weighted by atomic mass is 10.4. The van der Waals surface area contributed by atoms with E-state index < -0.39 is 4.92 Å². The number of halogens is 1. The van der Waals surface area contributed by atoms with E-state index in [4.69, 9.17) is 11.6 Å². The highest BCUT2D eigenvalue weighted by molar-refractivity contribution is 7.18. The summed E-state index contributed by atoms with van der Waals surface area (Å²) >= 11 is 6.68. The van der Waals surface area contributed by atoms with Gasteiger partial charge in [0.1, 0.15) is 6.20 Å². The molecule has 15 heavy (non-hydrogen) atoms. The van der Waals surface area contributed by atoms with Crippen molar-refractivity contribution in [2.75, 3.05) is 11.4 Å². The Hall–Kier alpha value is -1.21. The van der Waals surface area contributed by atoms with Crippen LogP contribution in [0.4, 0.5) is 10.1 Å². The number of rotatable bonds is 2. The number of carbonyl (C=O) groups is 1. The summed E-state index contributed by atoms with van der Waals surface area (Å²) in [6.07, 6.45) is 1.41. The van der Waals surface area contributed by atoms with Gasteiger partial charge < -0.3 is 0 Å². The van der Waals surface area contributed by atoms with Crippen LogP contribution in [0.5, 0.6) is 0 Å². The highest BCUT2D eigenvalue weighted by Crippen LogP contribution is 2.31. The van der Waals surface area contributed by atoms with Gasteiger partial charge in [-0.3, -0.25) is 19.8 Å². The van der Waals surface area contributed by atoms with Gasteiger partial charge in [0.2, 0.25) is 5.91 Å². The molecule has 0 N–H and O–H groups in total. The molecule has 1 fully saturated rings. The number of thiazole rings is 1. The smallest absolute Gasteiger partial charge is 0.286 e. The molecule has 1 unspecified atom stereocenters. The maximum Gasteiger partial charge on any atom is 0.345 e. The first-order valence-electron chi connectivity index (χ1n) is 4.12. The Bertz CT molecular complexity index is 421. The molecule has 1 saturated heterocycles. The second-order valence-electron chi connectivity index (χ2n) is 3.04. The third-order valence-electron chi connectivity index (χ3n) is 1.97. The first-order chi connectivity index (χ1) is 7.08. The highest BCUT2D eigenvalue weighted by atomic mass is 35.5. The van der Waals surface area contributed by atoms with Gasteiger partial charge in [-0.15, -0.1) is 11.6 Å². The lowest BCUT2D eigenvalue weighted by Gasteiger charge is -2.09. The predicted octanol–water partition coefficient (Wildman–Crippen LogP) is 1.40. The summed E-state index contributed by atoms with van der Waals surface area (Å²) in [6.45, 7) is 0.366. The lowest BCUT2D eigenvalue weighted by Crippen LogP contribution is -2.24. The number of aromatic nitrogens is 1. The summed E-state index contributed by atoms with van der Waals surface area (Å²) in [5, 5.41) is 10.5. The van der Waals surface area contributed by atoms with Crippen LogP contribution in [0, 0.1) is 10.1 Å². The summed E-state index contributed by atoms with van der Waals surface area (Å²) in [6, 6.07) is 0. The van der Waals surface area contributed by atoms with Crippen LogP contribution in [0.1, 0.15) is 6.42 Å². The Balaban J connectivity index is 2.23. The number of nitrogens with zero attached hydrogens (tertiary/aromatic N) is 3. The number of anilines is 1. The van der Waals surface area contributed by atoms with E-state index in [1.807, 2.05) is 0 Å². The number of carbonyl (C=O) groups excluding carboxylic acids is 1. The summed E-state index contributed by atoms with van der Waals surface area (Å²) < 4.78 is 0. The second-order valence-corrected chi connectivity index (χ2v) is 4.65. The number of hydrogen-bond acceptors (Lipinski definition) is 5. The van der Waals surface area contributed by atoms with Gasteiger partial charge in [0.15, 0.2) is 5.13 Å². The van der Waals surface area contributed by atoms with E-state index in [2.05, 4.69) is 4.98 Å². The molecule has 1 amide bonds. The molecular formula is C7H6ClN3O3S. The second kappa shape index (κ2) is 3.74. The highest BCUT2D eigenvalue weighted by Gasteiger charge is 2.31. The van der Waals surface area contributed by atoms with E-state index in [1.165, 1.54) is 4.90 Å². The van der Waals surface area contributed by atoms with Crippen molar-refractivity contribution < 1.29 is 9.72 Å². The van der Waals surface area contributed by atoms with E-state index >= 15 is 0 Å². The summed E-state index contributed by atoms with van der Waals surface area (Å²) in [5.74, 6) is -0.140. The van der Waals surface area contributed by atoms with Gasteiger partial charge in [0.05, 0.1) is 10.3 Å². The van der Waals surface area contributed by atoms with Crippen molar-refractivity contribution in [2.24, 2.45) is 0 Å². The molecule has 1 aliphatic heterocycles. The maximum absolute atomic E-state index is 11.4. The van der Waals surface area contributed by atoms with Crippen LogP contribution in [-0.2, 0) is 4.79 Å². The fourth-order valence-electron chi connectivity index (χ4n) is 1.31. The molecule has 0 aromatic carbocycles. The molecule has 0 spiro atoms. The maximum atomic E-state index is 11.4. The standard InChI is InChI=1S/C7H6ClN3O3S/c8-4-1-5(12)10(3-4)7-9-2-6(15-7)11(13)14/h2,4H,1,3H2. The van der Waals surface area contributed by atoms with Gasteiger partial charge in [-0.1, -0.05) is 0 Å². The fraction of sp³-hybridized carbons (Fsp3) is 0.429. The zero-order valence-corrected chi connectivity index (χ0v) is 8.99. The SMILES string of the molecule is O=C1CC(Cl)CN1c1ncc([N+](=O)[O-])s1. The van der Waals surface area contributed by atoms with Crippen molar-refractivity contribution in [1.29, 1.82) is 0 Å². The van der Waals surface area contributed by atoms with Crippen LogP contribution in [0.2, 0.25) is 0 Å². The molecule has 2 heterocycles. The Kier molecular flexibility index (Phi) is 2.57. The van der Waals surface area contributed by atoms with Crippen LogP contribution >= 0.6 is 22.9 Å². The van der Waals surface area contributed by atoms with E-state index in [-0.39, 0.29) is 22.7 Å². The molecular weight excluding hydrogens is 242 g/mol. The summed E-state index contributed by atoms with van der Waals surface area (Å²) in [7, 11) is 0. The molecule has 0 aliphatic carbocycles. The summed E-state index contributed by atoms with van der Waals surface area (Å²) in [4.78, 5) is 26.5. The topological polar surface area (TPSA) is 76.3 Å². The number of alkyl halides is 1. The largest absolute Gasteiger partial charge is 0.345 e. The van der Waals surface area contributed by atoms with Gasteiger partial charge in [-0.2, -0.15) is 0 Å². The number of hydrogen-bond donors (Lipinski definition) is 0. The third-order valence-corrected chi connectivity index (χ3v) is 3.23. The van der Waals surface area contributed by atoms with Crippen molar-refractivity contribution in [1.82, 2.24) is 4.98 Å². The van der Waals surface area contributed by atoms with E-state index in [0.29, 0.717) is 11.7 Å². The quantitative estimate of drug-likeness (QED) is 0.450. The zero-order valence-electron chi connectivity index (χ0n) is 7.42. The van der Waals surface area contributed by atoms with Gasteiger partial charge >= 0.3 is 5.00 Å². The molecule has 8 heteroatoms. The third kappa shape index (κ3) is 1.93. The lowest BCUT2D eigenvalue weighted by molar-refractivity contribution is -0.380. The fourth-order valence-corrected chi connectivity index (χ4v) is 2.34. The number of amides is 1. The molecule has 80 valence electrons. The van der Waals surface area contributed by atoms with E-state index in [9.17, 15) is 14.9 Å². The van der Waals surface area contributed by atoms with Gasteiger partial charge in [0.25, 0.3) is 0 Å². The van der Waals surface area contributed by atoms with Crippen molar-refractivity contribution in [3.8, 4) is 0 Å². The molecule has 0 saturated carbocycles. The Morgan fingerprint density at radius 3 is 2.93 bits per heavy atom. The molecule has 6 nitrogen and oxygen atoms in total. The molecule has 1 aliphatic rings. The van der Waals surface area contributed by atoms with Crippen LogP contribution in [0.15, 0.2) is 6.20 Å². The monoisotopic (exact) mass is 247 g/mol. The first-order valence-corrected chi connectivity index (χ1v) is 5.38. The van der Waals surface area contributed by atoms with Crippen LogP contribution in [-0.4, -0.2) is 27.7 Å². The zero-order chi connectivity index (χ0) is 11.0. The van der Waals surface area contributed by atoms with Crippen LogP contribution < -0.4 is 4.90 Å². The van der Waals surface area contributed by atoms with Crippen molar-refractivity contribution >= 4 is 39.0 Å². The van der Waals surface area contributed by atoms with E-state index in [0.717, 1.165) is 17.5 Å². The van der Waals surface area contributed by atoms with Gasteiger partial charge in [-0.05, 0) is 11.3 Å². The molecule has 0 bridgehead atoms. The van der Waals surface area contributed by atoms with E-state index in [1.54, 1.807) is 0 Å². The Labute approximate surface area is 93.6 Å². The number of nitro groups is 1. The first kappa shape index (κ1) is 10.3. The average Bonchev–Trinajstić information content (AvgIpc) is 2.71. The Morgan fingerprint density at radius 1 is 1.73 bits per heavy atom. The molecule has 1 aromatic heterocycles. The minimum atomic E-state index is -0.528. The molecule has 0 radical (unpaired) electrons. The minimum Gasteiger partial charge on any atom is -0.286 e. The van der Waals surface area contributed by atoms with Crippen molar-refractivity contribution in [3.63, 3.8) is 0 Å². The minimum absolute atomic E-state index is 0.0733. The van der Waals surface area contributed by atoms with Gasteiger partial charge in [-0.25, -0.2) is 4.98 Å².